The van der Waals surface area contributed by atoms with Crippen LogP contribution in [0, 0.1) is 0 Å². The quantitative estimate of drug-likeness (QED) is 0.195. The molecule has 0 atom stereocenters. The molecule has 1 aliphatic heterocycles. The molecular weight excluding hydrogens is 587 g/mol. The molecule has 220 valence electrons. The fourth-order valence-corrected chi connectivity index (χ4v) is 9.32. The van der Waals surface area contributed by atoms with Crippen LogP contribution in [0.15, 0.2) is 186 Å². The van der Waals surface area contributed by atoms with Gasteiger partial charge in [0.2, 0.25) is 0 Å². The molecule has 0 saturated carbocycles. The summed E-state index contributed by atoms with van der Waals surface area (Å²) in [4.78, 5) is 5.10. The molecule has 0 fully saturated rings. The summed E-state index contributed by atoms with van der Waals surface area (Å²) in [5, 5.41) is 4.93. The van der Waals surface area contributed by atoms with Crippen LogP contribution in [0.4, 0.5) is 17.1 Å². The van der Waals surface area contributed by atoms with Gasteiger partial charge < -0.3 is 4.90 Å². The molecule has 0 aromatic heterocycles. The normalized spacial score (nSPS) is 13.6. The number of benzene rings is 8. The fourth-order valence-electron chi connectivity index (χ4n) is 8.13. The third kappa shape index (κ3) is 3.80. The van der Waals surface area contributed by atoms with E-state index in [9.17, 15) is 0 Å². The molecule has 0 unspecified atom stereocenters. The van der Waals surface area contributed by atoms with E-state index in [2.05, 4.69) is 181 Å². The smallest absolute Gasteiger partial charge is 0.0735 e. The maximum atomic E-state index is 2.45. The van der Waals surface area contributed by atoms with Gasteiger partial charge in [-0.3, -0.25) is 0 Å². The average molecular weight is 616 g/mol. The number of hydrogen-bond acceptors (Lipinski definition) is 2. The van der Waals surface area contributed by atoms with E-state index in [1.54, 1.807) is 0 Å². The average Bonchev–Trinajstić information content (AvgIpc) is 3.42. The van der Waals surface area contributed by atoms with E-state index >= 15 is 0 Å². The zero-order valence-corrected chi connectivity index (χ0v) is 26.4. The predicted molar refractivity (Wildman–Crippen MR) is 198 cm³/mol. The minimum absolute atomic E-state index is 0.379. The van der Waals surface area contributed by atoms with Gasteiger partial charge >= 0.3 is 0 Å². The van der Waals surface area contributed by atoms with Crippen molar-refractivity contribution in [3.05, 3.63) is 198 Å². The van der Waals surface area contributed by atoms with E-state index in [1.165, 1.54) is 70.4 Å². The zero-order chi connectivity index (χ0) is 31.0. The highest BCUT2D eigenvalue weighted by molar-refractivity contribution is 7.99. The Morgan fingerprint density at radius 2 is 0.957 bits per heavy atom. The molecule has 1 heterocycles. The molecule has 1 spiro atoms. The Bertz CT molecular complexity index is 2480. The highest BCUT2D eigenvalue weighted by atomic mass is 32.2. The van der Waals surface area contributed by atoms with Gasteiger partial charge in [0.15, 0.2) is 0 Å². The van der Waals surface area contributed by atoms with Crippen molar-refractivity contribution in [2.75, 3.05) is 4.90 Å². The summed E-state index contributed by atoms with van der Waals surface area (Å²) < 4.78 is 0. The van der Waals surface area contributed by atoms with Crippen molar-refractivity contribution in [3.63, 3.8) is 0 Å². The van der Waals surface area contributed by atoms with Crippen molar-refractivity contribution >= 4 is 50.4 Å². The van der Waals surface area contributed by atoms with Gasteiger partial charge in [-0.25, -0.2) is 0 Å². The van der Waals surface area contributed by atoms with Crippen LogP contribution in [0.25, 0.3) is 32.7 Å². The molecule has 1 aliphatic carbocycles. The van der Waals surface area contributed by atoms with Crippen LogP contribution < -0.4 is 4.90 Å². The molecule has 8 aromatic carbocycles. The van der Waals surface area contributed by atoms with Crippen molar-refractivity contribution in [1.29, 1.82) is 0 Å². The van der Waals surface area contributed by atoms with E-state index in [0.29, 0.717) is 0 Å². The van der Waals surface area contributed by atoms with Crippen LogP contribution in [-0.2, 0) is 5.41 Å². The first kappa shape index (κ1) is 26.6. The number of fused-ring (bicyclic) bond motifs is 11. The molecule has 1 nitrogen and oxygen atoms in total. The van der Waals surface area contributed by atoms with Crippen molar-refractivity contribution in [2.24, 2.45) is 0 Å². The summed E-state index contributed by atoms with van der Waals surface area (Å²) in [6, 6.07) is 65.1. The Balaban J connectivity index is 1.27. The van der Waals surface area contributed by atoms with Crippen LogP contribution in [0.1, 0.15) is 22.3 Å². The van der Waals surface area contributed by atoms with E-state index in [4.69, 9.17) is 0 Å². The van der Waals surface area contributed by atoms with Gasteiger partial charge in [-0.15, -0.1) is 0 Å². The summed E-state index contributed by atoms with van der Waals surface area (Å²) in [7, 11) is 0. The molecule has 47 heavy (non-hydrogen) atoms. The number of hydrogen-bond donors (Lipinski definition) is 0. The molecule has 8 aromatic rings. The molecule has 0 saturated heterocycles. The fraction of sp³-hybridized carbons (Fsp3) is 0.0222. The summed E-state index contributed by atoms with van der Waals surface area (Å²) in [6.07, 6.45) is 0. The third-order valence-electron chi connectivity index (χ3n) is 10.1. The topological polar surface area (TPSA) is 3.24 Å². The van der Waals surface area contributed by atoms with Gasteiger partial charge in [-0.2, -0.15) is 0 Å². The molecule has 2 aliphatic rings. The largest absolute Gasteiger partial charge is 0.310 e. The van der Waals surface area contributed by atoms with Crippen molar-refractivity contribution < 1.29 is 0 Å². The van der Waals surface area contributed by atoms with Crippen molar-refractivity contribution in [3.8, 4) is 11.1 Å². The number of rotatable bonds is 3. The summed E-state index contributed by atoms with van der Waals surface area (Å²) >= 11 is 1.89. The second-order valence-electron chi connectivity index (χ2n) is 12.5. The van der Waals surface area contributed by atoms with Gasteiger partial charge in [0, 0.05) is 26.6 Å². The Morgan fingerprint density at radius 1 is 0.383 bits per heavy atom. The Labute approximate surface area is 278 Å². The van der Waals surface area contributed by atoms with Crippen LogP contribution in [0.3, 0.4) is 0 Å². The van der Waals surface area contributed by atoms with Crippen LogP contribution >= 0.6 is 11.8 Å². The van der Waals surface area contributed by atoms with E-state index in [-0.39, 0.29) is 5.41 Å². The maximum absolute atomic E-state index is 2.45. The van der Waals surface area contributed by atoms with Gasteiger partial charge in [-0.1, -0.05) is 145 Å². The Kier molecular flexibility index (Phi) is 5.79. The molecule has 0 N–H and O–H groups in total. The second kappa shape index (κ2) is 10.2. The minimum atomic E-state index is -0.379. The number of anilines is 3. The van der Waals surface area contributed by atoms with Crippen molar-refractivity contribution in [2.45, 2.75) is 15.2 Å². The summed E-state index contributed by atoms with van der Waals surface area (Å²) in [5.41, 5.74) is 11.1. The van der Waals surface area contributed by atoms with Crippen LogP contribution in [-0.4, -0.2) is 0 Å². The molecule has 0 radical (unpaired) electrons. The first-order valence-electron chi connectivity index (χ1n) is 16.2. The van der Waals surface area contributed by atoms with Gasteiger partial charge in [0.05, 0.1) is 11.1 Å². The lowest BCUT2D eigenvalue weighted by Crippen LogP contribution is -2.31. The first-order chi connectivity index (χ1) is 23.3. The molecule has 10 rings (SSSR count). The monoisotopic (exact) mass is 615 g/mol. The SMILES string of the molecule is c1ccc2c(c1)Sc1ccccc1C21c2ccccc2-c2cc(N(c3ccc4ccccc4c3)c3cccc4ccccc34)ccc21. The van der Waals surface area contributed by atoms with Gasteiger partial charge in [0.25, 0.3) is 0 Å². The van der Waals surface area contributed by atoms with E-state index < -0.39 is 0 Å². The lowest BCUT2D eigenvalue weighted by molar-refractivity contribution is 0.722. The lowest BCUT2D eigenvalue weighted by Gasteiger charge is -2.39. The molecular formula is C45H29NS. The van der Waals surface area contributed by atoms with Gasteiger partial charge in [0.1, 0.15) is 0 Å². The Morgan fingerprint density at radius 3 is 1.77 bits per heavy atom. The minimum Gasteiger partial charge on any atom is -0.310 e. The summed E-state index contributed by atoms with van der Waals surface area (Å²) in [6.45, 7) is 0. The molecule has 2 heteroatoms. The standard InChI is InChI=1S/C45H29NS/c1-2-14-32-28-33(25-24-30(32)12-1)46(42-21-11-15-31-13-3-4-16-35(31)42)34-26-27-39-37(29-34)36-17-5-6-18-38(36)45(39)40-19-7-9-22-43(40)47-44-23-10-8-20-41(44)45/h1-29H. The van der Waals surface area contributed by atoms with Crippen LogP contribution in [0.5, 0.6) is 0 Å². The molecule has 0 amide bonds. The first-order valence-corrected chi connectivity index (χ1v) is 17.0. The zero-order valence-electron chi connectivity index (χ0n) is 25.6. The van der Waals surface area contributed by atoms with E-state index in [1.807, 2.05) is 11.8 Å². The lowest BCUT2D eigenvalue weighted by atomic mass is 9.67. The van der Waals surface area contributed by atoms with Crippen LogP contribution in [0.2, 0.25) is 0 Å². The number of nitrogens with zero attached hydrogens (tertiary/aromatic N) is 1. The Hall–Kier alpha value is -5.57. The second-order valence-corrected chi connectivity index (χ2v) is 13.6. The highest BCUT2D eigenvalue weighted by Crippen LogP contribution is 2.62. The summed E-state index contributed by atoms with van der Waals surface area (Å²) in [5.74, 6) is 0. The van der Waals surface area contributed by atoms with Crippen molar-refractivity contribution in [1.82, 2.24) is 0 Å². The van der Waals surface area contributed by atoms with E-state index in [0.717, 1.165) is 11.4 Å². The molecule has 0 bridgehead atoms. The highest BCUT2D eigenvalue weighted by Gasteiger charge is 2.50. The predicted octanol–water partition coefficient (Wildman–Crippen LogP) is 12.3. The third-order valence-corrected chi connectivity index (χ3v) is 11.2. The maximum Gasteiger partial charge on any atom is 0.0735 e. The van der Waals surface area contributed by atoms with Gasteiger partial charge in [-0.05, 0) is 92.0 Å².